The number of halogens is 1. The summed E-state index contributed by atoms with van der Waals surface area (Å²) in [4.78, 5) is 11.9. The van der Waals surface area contributed by atoms with Gasteiger partial charge in [-0.3, -0.25) is 5.32 Å². The molecule has 2 amide bonds. The van der Waals surface area contributed by atoms with E-state index in [0.29, 0.717) is 17.0 Å². The highest BCUT2D eigenvalue weighted by atomic mass is 19.1. The second-order valence-corrected chi connectivity index (χ2v) is 4.70. The van der Waals surface area contributed by atoms with Crippen molar-refractivity contribution in [3.8, 4) is 17.2 Å². The maximum atomic E-state index is 12.8. The van der Waals surface area contributed by atoms with E-state index in [0.717, 1.165) is 0 Å². The zero-order valence-corrected chi connectivity index (χ0v) is 12.6. The van der Waals surface area contributed by atoms with Gasteiger partial charge in [-0.1, -0.05) is 17.2 Å². The number of hydrogen-bond acceptors (Lipinski definition) is 5. The molecule has 0 atom stereocenters. The molecule has 24 heavy (non-hydrogen) atoms. The summed E-state index contributed by atoms with van der Waals surface area (Å²) in [6.45, 7) is 0. The predicted octanol–water partition coefficient (Wildman–Crippen LogP) is 3.53. The maximum Gasteiger partial charge on any atom is 0.327 e. The normalized spacial score (nSPS) is 10.2. The number of carbonyl (C=O) groups is 1. The molecule has 2 aromatic carbocycles. The summed E-state index contributed by atoms with van der Waals surface area (Å²) < 4.78 is 23.5. The zero-order valence-electron chi connectivity index (χ0n) is 12.6. The smallest absolute Gasteiger partial charge is 0.327 e. The van der Waals surface area contributed by atoms with Crippen molar-refractivity contribution in [3.63, 3.8) is 0 Å². The fourth-order valence-corrected chi connectivity index (χ4v) is 2.00. The van der Waals surface area contributed by atoms with Crippen molar-refractivity contribution >= 4 is 17.7 Å². The lowest BCUT2D eigenvalue weighted by atomic mass is 10.2. The van der Waals surface area contributed by atoms with E-state index in [4.69, 9.17) is 9.15 Å². The molecular formula is C16H13FN4O3. The third-order valence-electron chi connectivity index (χ3n) is 3.08. The van der Waals surface area contributed by atoms with Crippen molar-refractivity contribution in [2.45, 2.75) is 0 Å². The van der Waals surface area contributed by atoms with Gasteiger partial charge < -0.3 is 14.5 Å². The van der Waals surface area contributed by atoms with Crippen LogP contribution in [0.15, 0.2) is 52.9 Å². The third kappa shape index (κ3) is 3.49. The molecule has 0 saturated heterocycles. The number of para-hydroxylation sites is 1. The largest absolute Gasteiger partial charge is 0.496 e. The number of urea groups is 1. The topological polar surface area (TPSA) is 89.3 Å². The van der Waals surface area contributed by atoms with Crippen LogP contribution in [0.25, 0.3) is 11.5 Å². The van der Waals surface area contributed by atoms with Gasteiger partial charge in [-0.25, -0.2) is 9.18 Å². The molecule has 0 radical (unpaired) electrons. The molecule has 0 fully saturated rings. The molecule has 3 aromatic rings. The highest BCUT2D eigenvalue weighted by molar-refractivity contribution is 5.98. The van der Waals surface area contributed by atoms with Gasteiger partial charge in [-0.15, -0.1) is 5.10 Å². The van der Waals surface area contributed by atoms with E-state index < -0.39 is 6.03 Å². The monoisotopic (exact) mass is 328 g/mol. The van der Waals surface area contributed by atoms with Crippen LogP contribution in [0.3, 0.4) is 0 Å². The van der Waals surface area contributed by atoms with E-state index in [1.807, 2.05) is 6.07 Å². The molecule has 0 spiro atoms. The minimum Gasteiger partial charge on any atom is -0.496 e. The van der Waals surface area contributed by atoms with E-state index in [9.17, 15) is 9.18 Å². The van der Waals surface area contributed by atoms with E-state index >= 15 is 0 Å². The Kier molecular flexibility index (Phi) is 4.37. The Labute approximate surface area is 136 Å². The van der Waals surface area contributed by atoms with Crippen LogP contribution in [0.5, 0.6) is 5.75 Å². The standard InChI is InChI=1S/C16H13FN4O3/c1-23-13-5-3-2-4-12(13)14-20-21-16(24-14)19-15(22)18-11-8-6-10(17)7-9-11/h2-9H,1H3,(H2,18,19,21,22). The quantitative estimate of drug-likeness (QED) is 0.765. The Balaban J connectivity index is 1.69. The molecule has 122 valence electrons. The van der Waals surface area contributed by atoms with E-state index in [1.165, 1.54) is 31.4 Å². The first-order valence-electron chi connectivity index (χ1n) is 6.96. The average molecular weight is 328 g/mol. The Morgan fingerprint density at radius 2 is 1.83 bits per heavy atom. The molecular weight excluding hydrogens is 315 g/mol. The number of amides is 2. The Morgan fingerprint density at radius 3 is 2.58 bits per heavy atom. The van der Waals surface area contributed by atoms with Crippen LogP contribution >= 0.6 is 0 Å². The zero-order chi connectivity index (χ0) is 16.9. The van der Waals surface area contributed by atoms with Crippen molar-refractivity contribution in [1.82, 2.24) is 10.2 Å². The number of rotatable bonds is 4. The molecule has 0 saturated carbocycles. The summed E-state index contributed by atoms with van der Waals surface area (Å²) in [6.07, 6.45) is 0. The van der Waals surface area contributed by atoms with Gasteiger partial charge in [-0.2, -0.15) is 0 Å². The number of carbonyl (C=O) groups excluding carboxylic acids is 1. The summed E-state index contributed by atoms with van der Waals surface area (Å²) in [5.41, 5.74) is 1.04. The summed E-state index contributed by atoms with van der Waals surface area (Å²) >= 11 is 0. The predicted molar refractivity (Wildman–Crippen MR) is 85.3 cm³/mol. The molecule has 0 bridgehead atoms. The van der Waals surface area contributed by atoms with Gasteiger partial charge in [0, 0.05) is 5.69 Å². The second kappa shape index (κ2) is 6.78. The highest BCUT2D eigenvalue weighted by Gasteiger charge is 2.14. The van der Waals surface area contributed by atoms with Gasteiger partial charge in [0.25, 0.3) is 5.89 Å². The molecule has 3 rings (SSSR count). The van der Waals surface area contributed by atoms with Crippen molar-refractivity contribution in [2.75, 3.05) is 17.7 Å². The molecule has 8 heteroatoms. The van der Waals surface area contributed by atoms with Crippen molar-refractivity contribution in [1.29, 1.82) is 0 Å². The van der Waals surface area contributed by atoms with Crippen LogP contribution in [0.2, 0.25) is 0 Å². The van der Waals surface area contributed by atoms with Crippen LogP contribution in [0.4, 0.5) is 20.9 Å². The van der Waals surface area contributed by atoms with Gasteiger partial charge in [0.05, 0.1) is 12.7 Å². The lowest BCUT2D eigenvalue weighted by Crippen LogP contribution is -2.19. The minimum absolute atomic E-state index is 0.0736. The fourth-order valence-electron chi connectivity index (χ4n) is 2.00. The Hall–Kier alpha value is -3.42. The molecule has 0 aliphatic heterocycles. The molecule has 1 aromatic heterocycles. The number of methoxy groups -OCH3 is 1. The third-order valence-corrected chi connectivity index (χ3v) is 3.08. The number of anilines is 2. The lowest BCUT2D eigenvalue weighted by molar-refractivity contribution is 0.261. The van der Waals surface area contributed by atoms with Crippen LogP contribution in [-0.4, -0.2) is 23.3 Å². The maximum absolute atomic E-state index is 12.8. The summed E-state index contributed by atoms with van der Waals surface area (Å²) in [7, 11) is 1.53. The summed E-state index contributed by atoms with van der Waals surface area (Å²) in [5.74, 6) is 0.396. The second-order valence-electron chi connectivity index (χ2n) is 4.70. The molecule has 2 N–H and O–H groups in total. The Morgan fingerprint density at radius 1 is 1.08 bits per heavy atom. The molecule has 1 heterocycles. The number of nitrogens with zero attached hydrogens (tertiary/aromatic N) is 2. The van der Waals surface area contributed by atoms with E-state index in [-0.39, 0.29) is 17.7 Å². The van der Waals surface area contributed by atoms with E-state index in [1.54, 1.807) is 18.2 Å². The van der Waals surface area contributed by atoms with Crippen LogP contribution < -0.4 is 15.4 Å². The first kappa shape index (κ1) is 15.5. The van der Waals surface area contributed by atoms with Crippen molar-refractivity contribution < 1.29 is 18.3 Å². The number of aromatic nitrogens is 2. The van der Waals surface area contributed by atoms with Crippen LogP contribution in [0.1, 0.15) is 0 Å². The van der Waals surface area contributed by atoms with Gasteiger partial charge in [0.1, 0.15) is 11.6 Å². The van der Waals surface area contributed by atoms with E-state index in [2.05, 4.69) is 20.8 Å². The number of benzene rings is 2. The van der Waals surface area contributed by atoms with Crippen LogP contribution in [-0.2, 0) is 0 Å². The summed E-state index contributed by atoms with van der Waals surface area (Å²) in [6, 6.07) is 11.8. The number of ether oxygens (including phenoxy) is 1. The van der Waals surface area contributed by atoms with Gasteiger partial charge in [-0.05, 0) is 36.4 Å². The van der Waals surface area contributed by atoms with Gasteiger partial charge in [0.15, 0.2) is 0 Å². The minimum atomic E-state index is -0.586. The van der Waals surface area contributed by atoms with Crippen LogP contribution in [0, 0.1) is 5.82 Å². The molecule has 0 aliphatic carbocycles. The van der Waals surface area contributed by atoms with Crippen molar-refractivity contribution in [3.05, 3.63) is 54.3 Å². The highest BCUT2D eigenvalue weighted by Crippen LogP contribution is 2.29. The lowest BCUT2D eigenvalue weighted by Gasteiger charge is -2.04. The SMILES string of the molecule is COc1ccccc1-c1nnc(NC(=O)Nc2ccc(F)cc2)o1. The molecule has 0 unspecified atom stereocenters. The van der Waals surface area contributed by atoms with Crippen molar-refractivity contribution in [2.24, 2.45) is 0 Å². The molecule has 0 aliphatic rings. The molecule has 7 nitrogen and oxygen atoms in total. The van der Waals surface area contributed by atoms with Gasteiger partial charge >= 0.3 is 12.0 Å². The average Bonchev–Trinajstić information content (AvgIpc) is 3.05. The number of nitrogens with one attached hydrogen (secondary N) is 2. The summed E-state index contributed by atoms with van der Waals surface area (Å²) in [5, 5.41) is 12.6. The number of hydrogen-bond donors (Lipinski definition) is 2. The first-order valence-corrected chi connectivity index (χ1v) is 6.96. The van der Waals surface area contributed by atoms with Gasteiger partial charge in [0.2, 0.25) is 0 Å². The first-order chi connectivity index (χ1) is 11.7. The fraction of sp³-hybridized carbons (Fsp3) is 0.0625. The Bertz CT molecular complexity index is 849.